The lowest BCUT2D eigenvalue weighted by atomic mass is 9.97. The number of aliphatic hydroxyl groups is 2. The Hall–Kier alpha value is -0.130. The molecule has 0 spiro atoms. The molecule has 0 fully saturated rings. The lowest BCUT2D eigenvalue weighted by Crippen LogP contribution is -2.49. The van der Waals surface area contributed by atoms with Gasteiger partial charge in [-0.3, -0.25) is 11.3 Å². The van der Waals surface area contributed by atoms with Crippen LogP contribution in [0, 0.1) is 0 Å². The van der Waals surface area contributed by atoms with E-state index in [1.54, 1.807) is 12.2 Å². The van der Waals surface area contributed by atoms with Crippen molar-refractivity contribution in [3.63, 3.8) is 0 Å². The topological polar surface area (TPSA) is 78.5 Å². The Labute approximate surface area is 71.5 Å². The first-order valence-electron chi connectivity index (χ1n) is 3.24. The first-order chi connectivity index (χ1) is 4.75. The van der Waals surface area contributed by atoms with Gasteiger partial charge in [0.2, 0.25) is 0 Å². The molecule has 0 aliphatic heterocycles. The van der Waals surface area contributed by atoms with Crippen molar-refractivity contribution in [1.82, 2.24) is 5.43 Å². The predicted octanol–water partition coefficient (Wildman–Crippen LogP) is -1.08. The van der Waals surface area contributed by atoms with Gasteiger partial charge >= 0.3 is 0 Å². The number of rotatable bonds is 1. The summed E-state index contributed by atoms with van der Waals surface area (Å²) in [5, 5.41) is 18.3. The summed E-state index contributed by atoms with van der Waals surface area (Å²) < 4.78 is 0. The second-order valence-electron chi connectivity index (χ2n) is 2.41. The highest BCUT2D eigenvalue weighted by molar-refractivity contribution is 5.85. The highest BCUT2D eigenvalue weighted by atomic mass is 35.5. The molecule has 5 N–H and O–H groups in total. The maximum Gasteiger partial charge on any atom is 0.100 e. The second kappa shape index (κ2) is 4.69. The molecule has 3 atom stereocenters. The zero-order valence-electron chi connectivity index (χ0n) is 5.97. The third-order valence-corrected chi connectivity index (χ3v) is 1.68. The van der Waals surface area contributed by atoms with Crippen molar-refractivity contribution in [1.29, 1.82) is 0 Å². The Balaban J connectivity index is 0.000001000. The van der Waals surface area contributed by atoms with Crippen LogP contribution in [-0.2, 0) is 0 Å². The van der Waals surface area contributed by atoms with Crippen LogP contribution in [-0.4, -0.2) is 28.5 Å². The molecule has 1 aliphatic rings. The van der Waals surface area contributed by atoms with Gasteiger partial charge in [-0.05, 0) is 6.42 Å². The molecule has 1 rings (SSSR count). The molecule has 0 amide bonds. The lowest BCUT2D eigenvalue weighted by molar-refractivity contribution is 0.00258. The number of aliphatic hydroxyl groups excluding tert-OH is 2. The molecule has 0 bridgehead atoms. The van der Waals surface area contributed by atoms with Gasteiger partial charge in [0.25, 0.3) is 0 Å². The van der Waals surface area contributed by atoms with Crippen molar-refractivity contribution in [2.75, 3.05) is 0 Å². The average Bonchev–Trinajstić information content (AvgIpc) is 1.95. The fourth-order valence-electron chi connectivity index (χ4n) is 1.01. The van der Waals surface area contributed by atoms with E-state index in [2.05, 4.69) is 5.43 Å². The molecule has 0 aromatic heterocycles. The Morgan fingerprint density at radius 3 is 2.55 bits per heavy atom. The van der Waals surface area contributed by atoms with Crippen molar-refractivity contribution in [3.05, 3.63) is 12.2 Å². The van der Waals surface area contributed by atoms with E-state index in [0.717, 1.165) is 0 Å². The normalized spacial score (nSPS) is 36.5. The molecule has 0 aromatic carbocycles. The SMILES string of the molecule is Cl.NN[C@@H]1C=CC[C@@H](O)[C@H]1O. The molecule has 1 aliphatic carbocycles. The molecule has 4 nitrogen and oxygen atoms in total. The van der Waals surface area contributed by atoms with Crippen LogP contribution in [0.15, 0.2) is 12.2 Å². The first kappa shape index (κ1) is 10.9. The first-order valence-corrected chi connectivity index (χ1v) is 3.24. The molecule has 0 radical (unpaired) electrons. The maximum atomic E-state index is 9.19. The van der Waals surface area contributed by atoms with E-state index < -0.39 is 12.2 Å². The molecular weight excluding hydrogens is 168 g/mol. The van der Waals surface area contributed by atoms with Crippen LogP contribution >= 0.6 is 12.4 Å². The van der Waals surface area contributed by atoms with Crippen molar-refractivity contribution in [3.8, 4) is 0 Å². The van der Waals surface area contributed by atoms with E-state index in [1.807, 2.05) is 0 Å². The van der Waals surface area contributed by atoms with Gasteiger partial charge in [0.15, 0.2) is 0 Å². The maximum absolute atomic E-state index is 9.19. The Morgan fingerprint density at radius 2 is 2.09 bits per heavy atom. The summed E-state index contributed by atoms with van der Waals surface area (Å²) in [5.41, 5.74) is 2.39. The van der Waals surface area contributed by atoms with E-state index in [9.17, 15) is 5.11 Å². The number of halogens is 1. The molecule has 0 saturated carbocycles. The highest BCUT2D eigenvalue weighted by Crippen LogP contribution is 2.11. The van der Waals surface area contributed by atoms with Crippen LogP contribution in [0.25, 0.3) is 0 Å². The van der Waals surface area contributed by atoms with E-state index in [-0.39, 0.29) is 18.4 Å². The standard InChI is InChI=1S/C6H12N2O2.ClH/c7-8-4-2-1-3-5(9)6(4)10;/h1-2,4-6,8-10H,3,7H2;1H/t4-,5-,6+;/m1./s1. The molecule has 0 unspecified atom stereocenters. The summed E-state index contributed by atoms with van der Waals surface area (Å²) in [6.07, 6.45) is 2.57. The van der Waals surface area contributed by atoms with Crippen LogP contribution in [0.1, 0.15) is 6.42 Å². The molecule has 66 valence electrons. The van der Waals surface area contributed by atoms with Crippen LogP contribution in [0.5, 0.6) is 0 Å². The third kappa shape index (κ3) is 2.43. The lowest BCUT2D eigenvalue weighted by Gasteiger charge is -2.26. The van der Waals surface area contributed by atoms with Crippen LogP contribution in [0.2, 0.25) is 0 Å². The fraction of sp³-hybridized carbons (Fsp3) is 0.667. The van der Waals surface area contributed by atoms with E-state index in [4.69, 9.17) is 10.9 Å². The minimum Gasteiger partial charge on any atom is -0.390 e. The molecule has 0 aromatic rings. The van der Waals surface area contributed by atoms with Gasteiger partial charge < -0.3 is 10.2 Å². The van der Waals surface area contributed by atoms with Crippen LogP contribution < -0.4 is 11.3 Å². The third-order valence-electron chi connectivity index (χ3n) is 1.68. The number of hydrogen-bond donors (Lipinski definition) is 4. The summed E-state index contributed by atoms with van der Waals surface area (Å²) >= 11 is 0. The van der Waals surface area contributed by atoms with Crippen molar-refractivity contribution in [2.24, 2.45) is 5.84 Å². The Morgan fingerprint density at radius 1 is 1.45 bits per heavy atom. The van der Waals surface area contributed by atoms with Crippen LogP contribution in [0.4, 0.5) is 0 Å². The summed E-state index contributed by atoms with van der Waals surface area (Å²) in [7, 11) is 0. The van der Waals surface area contributed by atoms with Gasteiger partial charge in [-0.15, -0.1) is 12.4 Å². The van der Waals surface area contributed by atoms with Gasteiger partial charge in [0, 0.05) is 0 Å². The van der Waals surface area contributed by atoms with Gasteiger partial charge in [-0.1, -0.05) is 12.2 Å². The molecular formula is C6H13ClN2O2. The summed E-state index contributed by atoms with van der Waals surface area (Å²) in [6, 6.07) is -0.316. The predicted molar refractivity (Wildman–Crippen MR) is 44.1 cm³/mol. The van der Waals surface area contributed by atoms with Gasteiger partial charge in [-0.2, -0.15) is 0 Å². The number of hydrazine groups is 1. The molecule has 0 heterocycles. The summed E-state index contributed by atoms with van der Waals surface area (Å²) in [4.78, 5) is 0. The van der Waals surface area contributed by atoms with Gasteiger partial charge in [0.05, 0.1) is 12.1 Å². The highest BCUT2D eigenvalue weighted by Gasteiger charge is 2.25. The minimum absolute atomic E-state index is 0. The zero-order chi connectivity index (χ0) is 7.56. The summed E-state index contributed by atoms with van der Waals surface area (Å²) in [6.45, 7) is 0. The number of nitrogens with one attached hydrogen (secondary N) is 1. The fourth-order valence-corrected chi connectivity index (χ4v) is 1.01. The van der Waals surface area contributed by atoms with E-state index >= 15 is 0 Å². The Kier molecular flexibility index (Phi) is 4.63. The summed E-state index contributed by atoms with van der Waals surface area (Å²) in [5.74, 6) is 5.08. The smallest absolute Gasteiger partial charge is 0.100 e. The van der Waals surface area contributed by atoms with E-state index in [0.29, 0.717) is 6.42 Å². The zero-order valence-corrected chi connectivity index (χ0v) is 6.79. The quantitative estimate of drug-likeness (QED) is 0.235. The van der Waals surface area contributed by atoms with Gasteiger partial charge in [-0.25, -0.2) is 0 Å². The Bertz CT molecular complexity index is 143. The van der Waals surface area contributed by atoms with Crippen molar-refractivity contribution >= 4 is 12.4 Å². The van der Waals surface area contributed by atoms with Crippen molar-refractivity contribution in [2.45, 2.75) is 24.7 Å². The second-order valence-corrected chi connectivity index (χ2v) is 2.41. The van der Waals surface area contributed by atoms with Crippen molar-refractivity contribution < 1.29 is 10.2 Å². The molecule has 5 heteroatoms. The largest absolute Gasteiger partial charge is 0.390 e. The van der Waals surface area contributed by atoms with E-state index in [1.165, 1.54) is 0 Å². The molecule has 11 heavy (non-hydrogen) atoms. The average molecular weight is 181 g/mol. The monoisotopic (exact) mass is 180 g/mol. The van der Waals surface area contributed by atoms with Crippen LogP contribution in [0.3, 0.4) is 0 Å². The molecule has 0 saturated heterocycles. The minimum atomic E-state index is -0.782. The number of nitrogens with two attached hydrogens (primary N) is 1. The van der Waals surface area contributed by atoms with Gasteiger partial charge in [0.1, 0.15) is 6.10 Å². The number of hydrogen-bond acceptors (Lipinski definition) is 4.